The molecule has 1 amide bonds. The molecule has 1 aliphatic heterocycles. The number of nitrogens with one attached hydrogen (secondary N) is 1. The van der Waals surface area contributed by atoms with Crippen molar-refractivity contribution >= 4 is 22.6 Å². The van der Waals surface area contributed by atoms with E-state index in [0.29, 0.717) is 11.4 Å². The van der Waals surface area contributed by atoms with Gasteiger partial charge in [-0.25, -0.2) is 4.98 Å². The van der Waals surface area contributed by atoms with E-state index in [1.807, 2.05) is 24.3 Å². The third-order valence-electron chi connectivity index (χ3n) is 5.66. The van der Waals surface area contributed by atoms with Crippen LogP contribution in [0.15, 0.2) is 30.3 Å². The van der Waals surface area contributed by atoms with Gasteiger partial charge in [0.2, 0.25) is 5.91 Å². The summed E-state index contributed by atoms with van der Waals surface area (Å²) in [7, 11) is 0. The van der Waals surface area contributed by atoms with E-state index in [0.717, 1.165) is 43.7 Å². The molecule has 1 saturated carbocycles. The van der Waals surface area contributed by atoms with Crippen molar-refractivity contribution in [1.82, 2.24) is 10.3 Å². The third-order valence-corrected chi connectivity index (χ3v) is 5.66. The Morgan fingerprint density at radius 1 is 1.16 bits per heavy atom. The molecule has 0 bridgehead atoms. The fourth-order valence-corrected chi connectivity index (χ4v) is 3.75. The monoisotopic (exact) mass is 339 g/mol. The van der Waals surface area contributed by atoms with Gasteiger partial charge in [-0.3, -0.25) is 4.79 Å². The van der Waals surface area contributed by atoms with Crippen molar-refractivity contribution in [1.29, 1.82) is 0 Å². The largest absolute Gasteiger partial charge is 0.506 e. The molecule has 0 unspecified atom stereocenters. The highest BCUT2D eigenvalue weighted by atomic mass is 16.3. The first-order chi connectivity index (χ1) is 12.2. The predicted octanol–water partition coefficient (Wildman–Crippen LogP) is 3.07. The van der Waals surface area contributed by atoms with Crippen molar-refractivity contribution in [2.24, 2.45) is 11.8 Å². The molecule has 132 valence electrons. The number of carbonyl (C=O) groups excluding carboxylic acids is 1. The van der Waals surface area contributed by atoms with Crippen LogP contribution in [-0.2, 0) is 4.79 Å². The number of anilines is 1. The Hall–Kier alpha value is -2.30. The summed E-state index contributed by atoms with van der Waals surface area (Å²) in [5.74, 6) is 2.13. The summed E-state index contributed by atoms with van der Waals surface area (Å²) in [5.41, 5.74) is 0.639. The van der Waals surface area contributed by atoms with Gasteiger partial charge in [0.25, 0.3) is 0 Å². The van der Waals surface area contributed by atoms with Crippen LogP contribution in [0, 0.1) is 11.8 Å². The SMILES string of the molecule is O=C(NCC1CCC1)C1CCN(c2ccc3cccc(O)c3n2)CC1. The first kappa shape index (κ1) is 16.2. The standard InChI is InChI=1S/C20H25N3O2/c24-17-6-2-5-15-7-8-18(22-19(15)17)23-11-9-16(10-12-23)20(25)21-13-14-3-1-4-14/h2,5-8,14,16,24H,1,3-4,9-13H2,(H,21,25). The summed E-state index contributed by atoms with van der Waals surface area (Å²) in [6, 6.07) is 9.43. The second-order valence-corrected chi connectivity index (χ2v) is 7.32. The summed E-state index contributed by atoms with van der Waals surface area (Å²) < 4.78 is 0. The Labute approximate surface area is 148 Å². The normalized spacial score (nSPS) is 19.0. The maximum absolute atomic E-state index is 12.3. The van der Waals surface area contributed by atoms with Crippen LogP contribution < -0.4 is 10.2 Å². The Balaban J connectivity index is 1.36. The lowest BCUT2D eigenvalue weighted by atomic mass is 9.85. The van der Waals surface area contributed by atoms with Gasteiger partial charge in [0.15, 0.2) is 0 Å². The maximum Gasteiger partial charge on any atom is 0.223 e. The molecular weight excluding hydrogens is 314 g/mol. The number of fused-ring (bicyclic) bond motifs is 1. The van der Waals surface area contributed by atoms with Crippen molar-refractivity contribution in [3.05, 3.63) is 30.3 Å². The lowest BCUT2D eigenvalue weighted by molar-refractivity contribution is -0.125. The first-order valence-corrected chi connectivity index (χ1v) is 9.32. The number of hydrogen-bond donors (Lipinski definition) is 2. The van der Waals surface area contributed by atoms with Gasteiger partial charge in [-0.15, -0.1) is 0 Å². The summed E-state index contributed by atoms with van der Waals surface area (Å²) in [6.45, 7) is 2.51. The van der Waals surface area contributed by atoms with Crippen molar-refractivity contribution in [3.63, 3.8) is 0 Å². The molecule has 0 spiro atoms. The lowest BCUT2D eigenvalue weighted by Crippen LogP contribution is -2.42. The molecule has 25 heavy (non-hydrogen) atoms. The number of phenolic OH excluding ortho intramolecular Hbond substituents is 1. The van der Waals surface area contributed by atoms with Gasteiger partial charge in [0, 0.05) is 30.9 Å². The molecule has 5 heteroatoms. The summed E-state index contributed by atoms with van der Waals surface area (Å²) in [4.78, 5) is 19.2. The second kappa shape index (κ2) is 6.90. The molecule has 2 heterocycles. The van der Waals surface area contributed by atoms with Gasteiger partial charge < -0.3 is 15.3 Å². The number of nitrogens with zero attached hydrogens (tertiary/aromatic N) is 2. The van der Waals surface area contributed by atoms with E-state index in [4.69, 9.17) is 0 Å². The number of para-hydroxylation sites is 1. The van der Waals surface area contributed by atoms with Crippen molar-refractivity contribution in [2.45, 2.75) is 32.1 Å². The van der Waals surface area contributed by atoms with Crippen LogP contribution in [0.3, 0.4) is 0 Å². The van der Waals surface area contributed by atoms with E-state index in [2.05, 4.69) is 15.2 Å². The van der Waals surface area contributed by atoms with Gasteiger partial charge in [-0.1, -0.05) is 18.6 Å². The number of rotatable bonds is 4. The quantitative estimate of drug-likeness (QED) is 0.898. The molecule has 5 nitrogen and oxygen atoms in total. The topological polar surface area (TPSA) is 65.5 Å². The first-order valence-electron chi connectivity index (χ1n) is 9.32. The molecule has 0 atom stereocenters. The van der Waals surface area contributed by atoms with Crippen molar-refractivity contribution in [2.75, 3.05) is 24.5 Å². The Morgan fingerprint density at radius 3 is 2.68 bits per heavy atom. The Morgan fingerprint density at radius 2 is 1.96 bits per heavy atom. The maximum atomic E-state index is 12.3. The smallest absolute Gasteiger partial charge is 0.223 e. The highest BCUT2D eigenvalue weighted by Gasteiger charge is 2.27. The van der Waals surface area contributed by atoms with Crippen LogP contribution in [0.5, 0.6) is 5.75 Å². The summed E-state index contributed by atoms with van der Waals surface area (Å²) in [6.07, 6.45) is 5.56. The van der Waals surface area contributed by atoms with E-state index in [-0.39, 0.29) is 17.6 Å². The molecule has 1 saturated heterocycles. The van der Waals surface area contributed by atoms with E-state index < -0.39 is 0 Å². The average Bonchev–Trinajstić information content (AvgIpc) is 2.60. The minimum atomic E-state index is 0.116. The van der Waals surface area contributed by atoms with Gasteiger partial charge in [-0.2, -0.15) is 0 Å². The number of piperidine rings is 1. The van der Waals surface area contributed by atoms with Crippen LogP contribution in [-0.4, -0.2) is 35.6 Å². The summed E-state index contributed by atoms with van der Waals surface area (Å²) >= 11 is 0. The number of aromatic hydroxyl groups is 1. The van der Waals surface area contributed by atoms with E-state index in [1.165, 1.54) is 19.3 Å². The van der Waals surface area contributed by atoms with Gasteiger partial charge in [0.1, 0.15) is 17.1 Å². The molecule has 1 aromatic carbocycles. The number of benzene rings is 1. The molecule has 0 radical (unpaired) electrons. The second-order valence-electron chi connectivity index (χ2n) is 7.32. The van der Waals surface area contributed by atoms with Crippen LogP contribution in [0.1, 0.15) is 32.1 Å². The van der Waals surface area contributed by atoms with E-state index >= 15 is 0 Å². The fourth-order valence-electron chi connectivity index (χ4n) is 3.75. The molecule has 2 fully saturated rings. The van der Waals surface area contributed by atoms with Crippen molar-refractivity contribution in [3.8, 4) is 5.75 Å². The molecule has 2 N–H and O–H groups in total. The molecular formula is C20H25N3O2. The highest BCUT2D eigenvalue weighted by Crippen LogP contribution is 2.28. The van der Waals surface area contributed by atoms with Crippen LogP contribution in [0.25, 0.3) is 10.9 Å². The Bertz CT molecular complexity index is 765. The fraction of sp³-hybridized carbons (Fsp3) is 0.500. The summed E-state index contributed by atoms with van der Waals surface area (Å²) in [5, 5.41) is 14.1. The molecule has 2 aromatic rings. The van der Waals surface area contributed by atoms with Gasteiger partial charge >= 0.3 is 0 Å². The zero-order chi connectivity index (χ0) is 17.2. The zero-order valence-corrected chi connectivity index (χ0v) is 14.4. The minimum Gasteiger partial charge on any atom is -0.506 e. The molecule has 1 aromatic heterocycles. The van der Waals surface area contributed by atoms with Crippen LogP contribution in [0.2, 0.25) is 0 Å². The van der Waals surface area contributed by atoms with E-state index in [9.17, 15) is 9.90 Å². The minimum absolute atomic E-state index is 0.116. The average molecular weight is 339 g/mol. The highest BCUT2D eigenvalue weighted by molar-refractivity contribution is 5.85. The number of amides is 1. The van der Waals surface area contributed by atoms with Gasteiger partial charge in [0.05, 0.1) is 0 Å². The predicted molar refractivity (Wildman–Crippen MR) is 98.7 cm³/mol. The molecule has 2 aliphatic rings. The third kappa shape index (κ3) is 3.41. The van der Waals surface area contributed by atoms with Crippen LogP contribution in [0.4, 0.5) is 5.82 Å². The van der Waals surface area contributed by atoms with Crippen molar-refractivity contribution < 1.29 is 9.90 Å². The number of aromatic nitrogens is 1. The van der Waals surface area contributed by atoms with Crippen LogP contribution >= 0.6 is 0 Å². The number of carbonyl (C=O) groups is 1. The lowest BCUT2D eigenvalue weighted by Gasteiger charge is -2.33. The zero-order valence-electron chi connectivity index (χ0n) is 14.4. The Kier molecular flexibility index (Phi) is 4.47. The molecule has 4 rings (SSSR count). The van der Waals surface area contributed by atoms with E-state index in [1.54, 1.807) is 6.07 Å². The molecule has 1 aliphatic carbocycles. The number of phenols is 1. The number of pyridine rings is 1. The van der Waals surface area contributed by atoms with Gasteiger partial charge in [-0.05, 0) is 49.8 Å². The number of hydrogen-bond acceptors (Lipinski definition) is 4.